The molecule has 2 aliphatic rings. The van der Waals surface area contributed by atoms with Crippen LogP contribution < -0.4 is 0 Å². The van der Waals surface area contributed by atoms with Crippen molar-refractivity contribution in [1.29, 1.82) is 0 Å². The number of rotatable bonds is 0. The molecule has 2 fully saturated rings. The Bertz CT molecular complexity index is 127. The normalized spacial score (nSPS) is 42.0. The lowest BCUT2D eigenvalue weighted by atomic mass is 9.12. The molecule has 0 atom stereocenters. The summed E-state index contributed by atoms with van der Waals surface area (Å²) in [4.78, 5) is 0. The molecule has 0 aliphatic carbocycles. The van der Waals surface area contributed by atoms with Gasteiger partial charge in [0, 0.05) is 6.15 Å². The third kappa shape index (κ3) is 1.13. The molecule has 0 aromatic carbocycles. The fourth-order valence-electron chi connectivity index (χ4n) is 3.68. The van der Waals surface area contributed by atoms with Crippen LogP contribution in [-0.2, 0) is 0 Å². The number of fused-ring (bicyclic) bond motifs is 2. The van der Waals surface area contributed by atoms with Crippen molar-refractivity contribution in [1.82, 2.24) is 0 Å². The SMILES string of the molecule is C[B-]1(C)C2CCCC1CCC2. The molecule has 2 saturated heterocycles. The lowest BCUT2D eigenvalue weighted by Gasteiger charge is -2.55. The molecule has 0 N–H and O–H groups in total. The summed E-state index contributed by atoms with van der Waals surface area (Å²) in [5.41, 5.74) is 0. The van der Waals surface area contributed by atoms with Crippen molar-refractivity contribution in [3.8, 4) is 0 Å². The minimum Gasteiger partial charge on any atom is -0.190 e. The van der Waals surface area contributed by atoms with Crippen molar-refractivity contribution in [2.45, 2.75) is 63.8 Å². The summed E-state index contributed by atoms with van der Waals surface area (Å²) < 4.78 is 0. The van der Waals surface area contributed by atoms with Crippen molar-refractivity contribution >= 4 is 6.15 Å². The van der Waals surface area contributed by atoms with E-state index in [9.17, 15) is 0 Å². The highest BCUT2D eigenvalue weighted by Crippen LogP contribution is 2.52. The summed E-state index contributed by atoms with van der Waals surface area (Å²) in [6.07, 6.45) is 9.29. The van der Waals surface area contributed by atoms with E-state index in [1.165, 1.54) is 12.8 Å². The van der Waals surface area contributed by atoms with Gasteiger partial charge in [-0.25, -0.2) is 0 Å². The first-order chi connectivity index (χ1) is 5.21. The van der Waals surface area contributed by atoms with Crippen molar-refractivity contribution in [2.24, 2.45) is 0 Å². The molecule has 11 heavy (non-hydrogen) atoms. The van der Waals surface area contributed by atoms with Crippen LogP contribution in [-0.4, -0.2) is 6.15 Å². The van der Waals surface area contributed by atoms with E-state index in [0.29, 0.717) is 0 Å². The zero-order chi connectivity index (χ0) is 7.90. The quantitative estimate of drug-likeness (QED) is 0.462. The fraction of sp³-hybridized carbons (Fsp3) is 1.00. The van der Waals surface area contributed by atoms with Gasteiger partial charge in [-0.3, -0.25) is 0 Å². The molecule has 64 valence electrons. The van der Waals surface area contributed by atoms with Crippen LogP contribution in [0.25, 0.3) is 0 Å². The number of hydrogen-bond acceptors (Lipinski definition) is 0. The molecule has 0 unspecified atom stereocenters. The third-order valence-electron chi connectivity index (χ3n) is 4.73. The zero-order valence-corrected chi connectivity index (χ0v) is 7.97. The van der Waals surface area contributed by atoms with Crippen LogP contribution in [0.4, 0.5) is 0 Å². The van der Waals surface area contributed by atoms with Crippen LogP contribution in [0.1, 0.15) is 38.5 Å². The standard InChI is InChI=1S/C10H20B/c1-11(2)9-5-3-6-10(11)8-4-7-9/h9-10H,3-8H2,1-2H3/q-1. The zero-order valence-electron chi connectivity index (χ0n) is 7.97. The van der Waals surface area contributed by atoms with Gasteiger partial charge in [0.15, 0.2) is 0 Å². The van der Waals surface area contributed by atoms with Gasteiger partial charge >= 0.3 is 0 Å². The molecule has 0 aromatic heterocycles. The average molecular weight is 151 g/mol. The molecular formula is C10H20B-. The van der Waals surface area contributed by atoms with E-state index in [0.717, 1.165) is 11.6 Å². The maximum Gasteiger partial charge on any atom is 0.000785 e. The van der Waals surface area contributed by atoms with Crippen molar-refractivity contribution in [3.63, 3.8) is 0 Å². The van der Waals surface area contributed by atoms with Crippen LogP contribution >= 0.6 is 0 Å². The molecule has 0 aromatic rings. The Morgan fingerprint density at radius 1 is 0.818 bits per heavy atom. The Morgan fingerprint density at radius 3 is 1.45 bits per heavy atom. The first-order valence-corrected chi connectivity index (χ1v) is 5.45. The summed E-state index contributed by atoms with van der Waals surface area (Å²) >= 11 is 0. The maximum atomic E-state index is 2.56. The third-order valence-corrected chi connectivity index (χ3v) is 4.73. The van der Waals surface area contributed by atoms with E-state index >= 15 is 0 Å². The molecular weight excluding hydrogens is 131 g/mol. The van der Waals surface area contributed by atoms with Gasteiger partial charge < -0.3 is 0 Å². The van der Waals surface area contributed by atoms with E-state index in [1.807, 2.05) is 0 Å². The second kappa shape index (κ2) is 2.53. The first-order valence-electron chi connectivity index (χ1n) is 5.45. The lowest BCUT2D eigenvalue weighted by Crippen LogP contribution is -2.43. The summed E-state index contributed by atoms with van der Waals surface area (Å²) in [7, 11) is 0. The molecule has 0 spiro atoms. The van der Waals surface area contributed by atoms with Crippen LogP contribution in [0.3, 0.4) is 0 Å². The molecule has 0 amide bonds. The Labute approximate surface area is 70.7 Å². The molecule has 0 radical (unpaired) electrons. The minimum atomic E-state index is 0.0486. The van der Waals surface area contributed by atoms with Gasteiger partial charge in [-0.1, -0.05) is 38.5 Å². The number of hydrogen-bond donors (Lipinski definition) is 0. The highest BCUT2D eigenvalue weighted by molar-refractivity contribution is 6.80. The highest BCUT2D eigenvalue weighted by atomic mass is 14.3. The van der Waals surface area contributed by atoms with Gasteiger partial charge in [-0.2, -0.15) is 25.3 Å². The molecule has 2 heterocycles. The Morgan fingerprint density at radius 2 is 1.18 bits per heavy atom. The van der Waals surface area contributed by atoms with E-state index in [1.54, 1.807) is 25.7 Å². The molecule has 1 heteroatoms. The molecule has 2 aliphatic heterocycles. The second-order valence-electron chi connectivity index (χ2n) is 5.49. The monoisotopic (exact) mass is 151 g/mol. The van der Waals surface area contributed by atoms with Gasteiger partial charge in [0.05, 0.1) is 0 Å². The molecule has 2 rings (SSSR count). The van der Waals surface area contributed by atoms with Crippen molar-refractivity contribution in [3.05, 3.63) is 0 Å². The van der Waals surface area contributed by atoms with E-state index < -0.39 is 0 Å². The molecule has 2 bridgehead atoms. The predicted molar refractivity (Wildman–Crippen MR) is 52.7 cm³/mol. The first kappa shape index (κ1) is 7.70. The highest BCUT2D eigenvalue weighted by Gasteiger charge is 2.36. The average Bonchev–Trinajstić information content (AvgIpc) is 1.82. The molecule has 0 nitrogen and oxygen atoms in total. The summed E-state index contributed by atoms with van der Waals surface area (Å²) in [5, 5.41) is 0. The summed E-state index contributed by atoms with van der Waals surface area (Å²) in [5.74, 6) is 2.25. The van der Waals surface area contributed by atoms with E-state index in [2.05, 4.69) is 13.6 Å². The van der Waals surface area contributed by atoms with Crippen LogP contribution in [0.15, 0.2) is 0 Å². The Balaban J connectivity index is 2.17. The van der Waals surface area contributed by atoms with Crippen LogP contribution in [0.2, 0.25) is 25.3 Å². The Kier molecular flexibility index (Phi) is 1.77. The maximum absolute atomic E-state index is 2.56. The van der Waals surface area contributed by atoms with Crippen molar-refractivity contribution in [2.75, 3.05) is 0 Å². The van der Waals surface area contributed by atoms with E-state index in [4.69, 9.17) is 0 Å². The van der Waals surface area contributed by atoms with Gasteiger partial charge in [0.1, 0.15) is 0 Å². The topological polar surface area (TPSA) is 0 Å². The van der Waals surface area contributed by atoms with E-state index in [-0.39, 0.29) is 6.15 Å². The predicted octanol–water partition coefficient (Wildman–Crippen LogP) is 3.80. The lowest BCUT2D eigenvalue weighted by molar-refractivity contribution is 0.433. The molecule has 0 saturated carbocycles. The fourth-order valence-corrected chi connectivity index (χ4v) is 3.68. The second-order valence-corrected chi connectivity index (χ2v) is 5.49. The smallest absolute Gasteiger partial charge is 0.000785 e. The van der Waals surface area contributed by atoms with Crippen molar-refractivity contribution < 1.29 is 0 Å². The summed E-state index contributed by atoms with van der Waals surface area (Å²) in [6.45, 7) is 5.13. The van der Waals surface area contributed by atoms with Crippen LogP contribution in [0, 0.1) is 0 Å². The summed E-state index contributed by atoms with van der Waals surface area (Å²) in [6, 6.07) is 0. The van der Waals surface area contributed by atoms with Gasteiger partial charge in [-0.15, -0.1) is 0 Å². The van der Waals surface area contributed by atoms with Gasteiger partial charge in [0.25, 0.3) is 0 Å². The van der Waals surface area contributed by atoms with Gasteiger partial charge in [0.2, 0.25) is 0 Å². The minimum absolute atomic E-state index is 0.0486. The largest absolute Gasteiger partial charge is 0.190 e. The van der Waals surface area contributed by atoms with Gasteiger partial charge in [-0.05, 0) is 0 Å². The Hall–Kier alpha value is 0.0649. The van der Waals surface area contributed by atoms with Crippen LogP contribution in [0.5, 0.6) is 0 Å².